The van der Waals surface area contributed by atoms with Crippen LogP contribution in [0.3, 0.4) is 0 Å². The van der Waals surface area contributed by atoms with Crippen molar-refractivity contribution in [1.29, 1.82) is 5.26 Å². The SMILES string of the molecule is N#Cc1ccc(C(=O)NC(=Cc2ccccc2)C(=O)N2CCOCC2)cc1. The topological polar surface area (TPSA) is 82.4 Å². The van der Waals surface area contributed by atoms with Crippen LogP contribution < -0.4 is 5.32 Å². The molecule has 136 valence electrons. The van der Waals surface area contributed by atoms with Gasteiger partial charge in [-0.3, -0.25) is 9.59 Å². The van der Waals surface area contributed by atoms with E-state index in [-0.39, 0.29) is 11.6 Å². The average molecular weight is 361 g/mol. The van der Waals surface area contributed by atoms with Crippen molar-refractivity contribution in [1.82, 2.24) is 10.2 Å². The fraction of sp³-hybridized carbons (Fsp3) is 0.190. The molecule has 6 nitrogen and oxygen atoms in total. The first-order valence-electron chi connectivity index (χ1n) is 8.62. The molecule has 0 radical (unpaired) electrons. The summed E-state index contributed by atoms with van der Waals surface area (Å²) in [4.78, 5) is 27.2. The van der Waals surface area contributed by atoms with E-state index in [0.717, 1.165) is 5.56 Å². The quantitative estimate of drug-likeness (QED) is 0.847. The average Bonchev–Trinajstić information content (AvgIpc) is 2.74. The number of hydrogen-bond acceptors (Lipinski definition) is 4. The molecular formula is C21H19N3O3. The Bertz CT molecular complexity index is 877. The largest absolute Gasteiger partial charge is 0.378 e. The van der Waals surface area contributed by atoms with Gasteiger partial charge in [0, 0.05) is 18.7 Å². The van der Waals surface area contributed by atoms with E-state index in [1.54, 1.807) is 35.2 Å². The Kier molecular flexibility index (Phi) is 5.98. The molecule has 1 N–H and O–H groups in total. The van der Waals surface area contributed by atoms with E-state index in [9.17, 15) is 9.59 Å². The molecule has 1 saturated heterocycles. The molecule has 0 spiro atoms. The van der Waals surface area contributed by atoms with Gasteiger partial charge in [0.15, 0.2) is 0 Å². The Balaban J connectivity index is 1.84. The van der Waals surface area contributed by atoms with Crippen LogP contribution in [0.5, 0.6) is 0 Å². The first-order chi connectivity index (χ1) is 13.2. The zero-order valence-electron chi connectivity index (χ0n) is 14.7. The molecule has 0 unspecified atom stereocenters. The number of carbonyl (C=O) groups is 2. The maximum Gasteiger partial charge on any atom is 0.270 e. The monoisotopic (exact) mass is 361 g/mol. The van der Waals surface area contributed by atoms with Crippen LogP contribution in [0.2, 0.25) is 0 Å². The first-order valence-corrected chi connectivity index (χ1v) is 8.62. The summed E-state index contributed by atoms with van der Waals surface area (Å²) in [5.41, 5.74) is 1.87. The molecular weight excluding hydrogens is 342 g/mol. The molecule has 2 aromatic carbocycles. The smallest absolute Gasteiger partial charge is 0.270 e. The minimum Gasteiger partial charge on any atom is -0.378 e. The number of nitrogens with one attached hydrogen (secondary N) is 1. The van der Waals surface area contributed by atoms with E-state index in [0.29, 0.717) is 37.4 Å². The van der Waals surface area contributed by atoms with Crippen LogP contribution in [0.15, 0.2) is 60.3 Å². The van der Waals surface area contributed by atoms with E-state index in [2.05, 4.69) is 5.32 Å². The Morgan fingerprint density at radius 3 is 2.33 bits per heavy atom. The molecule has 1 aliphatic rings. The summed E-state index contributed by atoms with van der Waals surface area (Å²) in [6, 6.07) is 17.6. The van der Waals surface area contributed by atoms with Gasteiger partial charge in [-0.2, -0.15) is 5.26 Å². The van der Waals surface area contributed by atoms with Gasteiger partial charge >= 0.3 is 0 Å². The highest BCUT2D eigenvalue weighted by atomic mass is 16.5. The minimum atomic E-state index is -0.400. The molecule has 0 aromatic heterocycles. The van der Waals surface area contributed by atoms with Crippen molar-refractivity contribution in [2.45, 2.75) is 0 Å². The predicted octanol–water partition coefficient (Wildman–Crippen LogP) is 2.19. The lowest BCUT2D eigenvalue weighted by Crippen LogP contribution is -2.44. The lowest BCUT2D eigenvalue weighted by atomic mass is 10.1. The third kappa shape index (κ3) is 4.81. The van der Waals surface area contributed by atoms with Crippen molar-refractivity contribution in [3.05, 3.63) is 77.0 Å². The second kappa shape index (κ2) is 8.79. The number of nitriles is 1. The summed E-state index contributed by atoms with van der Waals surface area (Å²) < 4.78 is 5.29. The predicted molar refractivity (Wildman–Crippen MR) is 100 cm³/mol. The molecule has 0 aliphatic carbocycles. The number of amides is 2. The van der Waals surface area contributed by atoms with Gasteiger partial charge in [-0.15, -0.1) is 0 Å². The van der Waals surface area contributed by atoms with Crippen LogP contribution >= 0.6 is 0 Å². The maximum absolute atomic E-state index is 12.9. The molecule has 27 heavy (non-hydrogen) atoms. The molecule has 2 amide bonds. The van der Waals surface area contributed by atoms with Crippen LogP contribution in [-0.4, -0.2) is 43.0 Å². The summed E-state index contributed by atoms with van der Waals surface area (Å²) in [6.07, 6.45) is 1.67. The van der Waals surface area contributed by atoms with Gasteiger partial charge in [-0.1, -0.05) is 30.3 Å². The molecule has 3 rings (SSSR count). The summed E-state index contributed by atoms with van der Waals surface area (Å²) >= 11 is 0. The lowest BCUT2D eigenvalue weighted by molar-refractivity contribution is -0.131. The zero-order valence-corrected chi connectivity index (χ0v) is 14.7. The van der Waals surface area contributed by atoms with Crippen LogP contribution in [-0.2, 0) is 9.53 Å². The summed E-state index contributed by atoms with van der Waals surface area (Å²) in [5, 5.41) is 11.6. The van der Waals surface area contributed by atoms with Crippen molar-refractivity contribution in [2.75, 3.05) is 26.3 Å². The van der Waals surface area contributed by atoms with Gasteiger partial charge in [-0.25, -0.2) is 0 Å². The molecule has 1 heterocycles. The Morgan fingerprint density at radius 1 is 1.04 bits per heavy atom. The minimum absolute atomic E-state index is 0.206. The Hall–Kier alpha value is -3.43. The highest BCUT2D eigenvalue weighted by molar-refractivity contribution is 6.05. The number of carbonyl (C=O) groups excluding carboxylic acids is 2. The number of rotatable bonds is 4. The number of ether oxygens (including phenoxy) is 1. The zero-order chi connectivity index (χ0) is 19.1. The highest BCUT2D eigenvalue weighted by Gasteiger charge is 2.22. The molecule has 0 saturated carbocycles. The highest BCUT2D eigenvalue weighted by Crippen LogP contribution is 2.11. The van der Waals surface area contributed by atoms with Gasteiger partial charge in [0.2, 0.25) is 0 Å². The third-order valence-electron chi connectivity index (χ3n) is 4.16. The van der Waals surface area contributed by atoms with E-state index >= 15 is 0 Å². The number of hydrogen-bond donors (Lipinski definition) is 1. The first kappa shape index (κ1) is 18.4. The standard InChI is InChI=1S/C21H19N3O3/c22-15-17-6-8-18(9-7-17)20(25)23-19(14-16-4-2-1-3-5-16)21(26)24-10-12-27-13-11-24/h1-9,14H,10-13H2,(H,23,25). The summed E-state index contributed by atoms with van der Waals surface area (Å²) in [7, 11) is 0. The normalized spacial score (nSPS) is 14.3. The van der Waals surface area contributed by atoms with Crippen molar-refractivity contribution in [2.24, 2.45) is 0 Å². The second-order valence-electron chi connectivity index (χ2n) is 6.02. The van der Waals surface area contributed by atoms with Gasteiger partial charge in [-0.05, 0) is 35.9 Å². The van der Waals surface area contributed by atoms with Gasteiger partial charge in [0.1, 0.15) is 5.70 Å². The van der Waals surface area contributed by atoms with Gasteiger partial charge < -0.3 is 15.0 Å². The second-order valence-corrected chi connectivity index (χ2v) is 6.02. The Morgan fingerprint density at radius 2 is 1.70 bits per heavy atom. The number of nitrogens with zero attached hydrogens (tertiary/aromatic N) is 2. The van der Waals surface area contributed by atoms with E-state index < -0.39 is 5.91 Å². The summed E-state index contributed by atoms with van der Waals surface area (Å²) in [6.45, 7) is 1.93. The van der Waals surface area contributed by atoms with Gasteiger partial charge in [0.25, 0.3) is 11.8 Å². The van der Waals surface area contributed by atoms with Crippen molar-refractivity contribution < 1.29 is 14.3 Å². The fourth-order valence-electron chi connectivity index (χ4n) is 2.69. The molecule has 2 aromatic rings. The molecule has 1 aliphatic heterocycles. The third-order valence-corrected chi connectivity index (χ3v) is 4.16. The molecule has 6 heteroatoms. The maximum atomic E-state index is 12.9. The number of benzene rings is 2. The molecule has 0 bridgehead atoms. The van der Waals surface area contributed by atoms with Crippen LogP contribution in [0.25, 0.3) is 6.08 Å². The summed E-state index contributed by atoms with van der Waals surface area (Å²) in [5.74, 6) is -0.646. The fourth-order valence-corrected chi connectivity index (χ4v) is 2.69. The van der Waals surface area contributed by atoms with Crippen molar-refractivity contribution in [3.8, 4) is 6.07 Å². The lowest BCUT2D eigenvalue weighted by Gasteiger charge is -2.27. The van der Waals surface area contributed by atoms with E-state index in [1.807, 2.05) is 36.4 Å². The van der Waals surface area contributed by atoms with Crippen LogP contribution in [0.1, 0.15) is 21.5 Å². The molecule has 0 atom stereocenters. The Labute approximate surface area is 157 Å². The van der Waals surface area contributed by atoms with E-state index in [1.165, 1.54) is 0 Å². The molecule has 1 fully saturated rings. The number of morpholine rings is 1. The van der Waals surface area contributed by atoms with Crippen LogP contribution in [0.4, 0.5) is 0 Å². The van der Waals surface area contributed by atoms with E-state index in [4.69, 9.17) is 10.00 Å². The van der Waals surface area contributed by atoms with Crippen LogP contribution in [0, 0.1) is 11.3 Å². The van der Waals surface area contributed by atoms with Gasteiger partial charge in [0.05, 0.1) is 24.8 Å². The van der Waals surface area contributed by atoms with Crippen molar-refractivity contribution >= 4 is 17.9 Å². The van der Waals surface area contributed by atoms with Crippen molar-refractivity contribution in [3.63, 3.8) is 0 Å².